The second kappa shape index (κ2) is 11.8. The lowest BCUT2D eigenvalue weighted by Gasteiger charge is -2.38. The lowest BCUT2D eigenvalue weighted by molar-refractivity contribution is -0.386. The summed E-state index contributed by atoms with van der Waals surface area (Å²) in [6.45, 7) is 1.75. The minimum atomic E-state index is -1.17. The van der Waals surface area contributed by atoms with E-state index in [1.807, 2.05) is 78.9 Å². The lowest BCUT2D eigenvalue weighted by atomic mass is 9.79. The first kappa shape index (κ1) is 27.3. The second-order valence-electron chi connectivity index (χ2n) is 8.79. The van der Waals surface area contributed by atoms with Crippen LogP contribution in [0.1, 0.15) is 45.6 Å². The molecule has 0 bridgehead atoms. The lowest BCUT2D eigenvalue weighted by Crippen LogP contribution is -2.34. The molecule has 0 aliphatic carbocycles. The molecule has 0 heterocycles. The van der Waals surface area contributed by atoms with Gasteiger partial charge in [0, 0.05) is 6.07 Å². The molecule has 0 fully saturated rings. The van der Waals surface area contributed by atoms with Crippen LogP contribution in [0.3, 0.4) is 0 Å². The highest BCUT2D eigenvalue weighted by Crippen LogP contribution is 2.45. The van der Waals surface area contributed by atoms with Crippen LogP contribution >= 0.6 is 0 Å². The van der Waals surface area contributed by atoms with Crippen molar-refractivity contribution in [3.8, 4) is 11.5 Å². The Labute approximate surface area is 226 Å². The Morgan fingerprint density at radius 2 is 1.28 bits per heavy atom. The average molecular weight is 528 g/mol. The zero-order chi connectivity index (χ0) is 28.0. The smallest absolute Gasteiger partial charge is 0.338 e. The molecule has 0 spiro atoms. The fraction of sp³-hybridized carbons (Fsp3) is 0.194. The summed E-state index contributed by atoms with van der Waals surface area (Å²) >= 11 is 0. The number of nitrogens with zero attached hydrogens (tertiary/aromatic N) is 1. The molecule has 0 amide bonds. The third-order valence-electron chi connectivity index (χ3n) is 6.61. The van der Waals surface area contributed by atoms with Crippen molar-refractivity contribution in [1.29, 1.82) is 0 Å². The quantitative estimate of drug-likeness (QED) is 0.101. The van der Waals surface area contributed by atoms with Gasteiger partial charge in [0.15, 0.2) is 0 Å². The largest absolute Gasteiger partial charge is 0.497 e. The fourth-order valence-electron chi connectivity index (χ4n) is 4.65. The van der Waals surface area contributed by atoms with Gasteiger partial charge in [-0.15, -0.1) is 0 Å². The summed E-state index contributed by atoms with van der Waals surface area (Å²) in [5, 5.41) is 12.1. The van der Waals surface area contributed by atoms with Crippen LogP contribution in [0.25, 0.3) is 0 Å². The predicted molar refractivity (Wildman–Crippen MR) is 146 cm³/mol. The molecule has 4 rings (SSSR count). The molecule has 0 N–H and O–H groups in total. The minimum Gasteiger partial charge on any atom is -0.497 e. The molecule has 39 heavy (non-hydrogen) atoms. The van der Waals surface area contributed by atoms with Gasteiger partial charge in [-0.25, -0.2) is 4.79 Å². The van der Waals surface area contributed by atoms with Crippen LogP contribution in [-0.2, 0) is 15.1 Å². The molecule has 0 aliphatic heterocycles. The summed E-state index contributed by atoms with van der Waals surface area (Å²) in [6.07, 6.45) is -0.776. The van der Waals surface area contributed by atoms with Crippen LogP contribution in [0, 0.1) is 10.1 Å². The maximum Gasteiger partial charge on any atom is 0.338 e. The zero-order valence-corrected chi connectivity index (χ0v) is 22.1. The monoisotopic (exact) mass is 527 g/mol. The highest BCUT2D eigenvalue weighted by atomic mass is 16.6. The number of benzene rings is 4. The Morgan fingerprint density at radius 1 is 0.769 bits per heavy atom. The normalized spacial score (nSPS) is 11.9. The van der Waals surface area contributed by atoms with Gasteiger partial charge in [-0.3, -0.25) is 10.1 Å². The first-order valence-electron chi connectivity index (χ1n) is 12.2. The number of nitro groups is 1. The van der Waals surface area contributed by atoms with E-state index >= 15 is 0 Å². The van der Waals surface area contributed by atoms with Gasteiger partial charge >= 0.3 is 5.97 Å². The van der Waals surface area contributed by atoms with Crippen molar-refractivity contribution in [1.82, 2.24) is 0 Å². The molecule has 0 saturated carbocycles. The third kappa shape index (κ3) is 5.46. The molecule has 200 valence electrons. The molecule has 8 nitrogen and oxygen atoms in total. The summed E-state index contributed by atoms with van der Waals surface area (Å²) < 4.78 is 22.5. The molecule has 0 unspecified atom stereocenters. The van der Waals surface area contributed by atoms with E-state index in [1.165, 1.54) is 25.3 Å². The van der Waals surface area contributed by atoms with Crippen molar-refractivity contribution in [2.45, 2.75) is 18.6 Å². The van der Waals surface area contributed by atoms with E-state index in [9.17, 15) is 14.9 Å². The number of carbonyl (C=O) groups excluding carboxylic acids is 1. The molecule has 4 aromatic rings. The van der Waals surface area contributed by atoms with Gasteiger partial charge in [-0.05, 0) is 60.0 Å². The molecule has 1 atom stereocenters. The highest BCUT2D eigenvalue weighted by molar-refractivity contribution is 5.90. The van der Waals surface area contributed by atoms with Gasteiger partial charge in [-0.1, -0.05) is 54.6 Å². The number of hydrogen-bond donors (Lipinski definition) is 0. The van der Waals surface area contributed by atoms with Gasteiger partial charge in [0.1, 0.15) is 17.1 Å². The van der Waals surface area contributed by atoms with Gasteiger partial charge in [0.2, 0.25) is 0 Å². The van der Waals surface area contributed by atoms with Crippen LogP contribution < -0.4 is 9.47 Å². The third-order valence-corrected chi connectivity index (χ3v) is 6.61. The Balaban J connectivity index is 1.94. The SMILES string of the molecule is COC(=O)c1ccc([C@@H](C)OC(c2ccccc2)(c2ccc(OC)cc2)c2ccc(OC)cc2)c([N+](=O)[O-])c1. The maximum absolute atomic E-state index is 12.1. The molecule has 0 aliphatic rings. The topological polar surface area (TPSA) is 97.1 Å². The number of hydrogen-bond acceptors (Lipinski definition) is 7. The minimum absolute atomic E-state index is 0.0831. The van der Waals surface area contributed by atoms with Crippen molar-refractivity contribution in [3.63, 3.8) is 0 Å². The molecule has 8 heteroatoms. The standard InChI is InChI=1S/C31H29NO7/c1-21(28-19-10-22(30(33)38-4)20-29(28)32(34)35)39-31(23-8-6-5-7-9-23,24-11-15-26(36-2)16-12-24)25-13-17-27(37-3)18-14-25/h5-21H,1-4H3/t21-/m1/s1. The molecule has 0 radical (unpaired) electrons. The van der Waals surface area contributed by atoms with E-state index in [4.69, 9.17) is 18.9 Å². The molecule has 4 aromatic carbocycles. The van der Waals surface area contributed by atoms with E-state index in [1.54, 1.807) is 21.1 Å². The van der Waals surface area contributed by atoms with Gasteiger partial charge in [0.25, 0.3) is 5.69 Å². The number of esters is 1. The van der Waals surface area contributed by atoms with Crippen LogP contribution in [0.4, 0.5) is 5.69 Å². The first-order chi connectivity index (χ1) is 18.8. The average Bonchev–Trinajstić information content (AvgIpc) is 2.99. The van der Waals surface area contributed by atoms with E-state index in [0.717, 1.165) is 16.7 Å². The second-order valence-corrected chi connectivity index (χ2v) is 8.79. The van der Waals surface area contributed by atoms with E-state index < -0.39 is 22.6 Å². The maximum atomic E-state index is 12.1. The van der Waals surface area contributed by atoms with Crippen molar-refractivity contribution in [3.05, 3.63) is 135 Å². The summed E-state index contributed by atoms with van der Waals surface area (Å²) in [7, 11) is 4.42. The first-order valence-corrected chi connectivity index (χ1v) is 12.2. The Hall–Kier alpha value is -4.69. The molecular weight excluding hydrogens is 498 g/mol. The number of rotatable bonds is 10. The van der Waals surface area contributed by atoms with Gasteiger partial charge in [-0.2, -0.15) is 0 Å². The summed E-state index contributed by atoms with van der Waals surface area (Å²) in [6, 6.07) is 28.9. The van der Waals surface area contributed by atoms with E-state index in [0.29, 0.717) is 17.1 Å². The fourth-order valence-corrected chi connectivity index (χ4v) is 4.65. The number of methoxy groups -OCH3 is 3. The molecule has 0 saturated heterocycles. The van der Waals surface area contributed by atoms with Gasteiger partial charge < -0.3 is 18.9 Å². The van der Waals surface area contributed by atoms with Gasteiger partial charge in [0.05, 0.1) is 43.5 Å². The Morgan fingerprint density at radius 3 is 1.74 bits per heavy atom. The van der Waals surface area contributed by atoms with E-state index in [2.05, 4.69) is 0 Å². The number of ether oxygens (including phenoxy) is 4. The Kier molecular flexibility index (Phi) is 8.27. The van der Waals surface area contributed by atoms with Crippen LogP contribution in [0.2, 0.25) is 0 Å². The summed E-state index contributed by atoms with van der Waals surface area (Å²) in [5.74, 6) is 0.698. The van der Waals surface area contributed by atoms with E-state index in [-0.39, 0.29) is 11.3 Å². The zero-order valence-electron chi connectivity index (χ0n) is 22.1. The summed E-state index contributed by atoms with van der Waals surface area (Å²) in [5.41, 5.74) is 1.39. The van der Waals surface area contributed by atoms with Crippen molar-refractivity contribution >= 4 is 11.7 Å². The highest BCUT2D eigenvalue weighted by Gasteiger charge is 2.40. The van der Waals surface area contributed by atoms with Crippen molar-refractivity contribution < 1.29 is 28.7 Å². The van der Waals surface area contributed by atoms with Crippen molar-refractivity contribution in [2.24, 2.45) is 0 Å². The molecular formula is C31H29NO7. The van der Waals surface area contributed by atoms with Crippen LogP contribution in [-0.4, -0.2) is 32.2 Å². The Bertz CT molecular complexity index is 1390. The predicted octanol–water partition coefficient (Wildman–Crippen LogP) is 6.47. The number of nitro benzene ring substituents is 1. The van der Waals surface area contributed by atoms with Crippen LogP contribution in [0.5, 0.6) is 11.5 Å². The number of carbonyl (C=O) groups is 1. The summed E-state index contributed by atoms with van der Waals surface area (Å²) in [4.78, 5) is 23.6. The van der Waals surface area contributed by atoms with Crippen LogP contribution in [0.15, 0.2) is 97.1 Å². The van der Waals surface area contributed by atoms with Crippen molar-refractivity contribution in [2.75, 3.05) is 21.3 Å². The molecule has 0 aromatic heterocycles.